The number of rotatable bonds is 5. The molecule has 0 atom stereocenters. The van der Waals surface area contributed by atoms with Crippen LogP contribution in [0.3, 0.4) is 0 Å². The number of hydrogen-bond donors (Lipinski definition) is 3. The topological polar surface area (TPSA) is 122 Å². The van der Waals surface area contributed by atoms with Crippen molar-refractivity contribution in [2.75, 3.05) is 30.8 Å². The Morgan fingerprint density at radius 3 is 2.34 bits per heavy atom. The molecule has 0 saturated carbocycles. The second-order valence-electron chi connectivity index (χ2n) is 10.6. The van der Waals surface area contributed by atoms with E-state index in [-0.39, 0.29) is 11.8 Å². The quantitative estimate of drug-likeness (QED) is 0.335. The first-order valence-corrected chi connectivity index (χ1v) is 14.0. The molecule has 0 saturated heterocycles. The van der Waals surface area contributed by atoms with Crippen molar-refractivity contribution in [3.63, 3.8) is 0 Å². The van der Waals surface area contributed by atoms with Crippen LogP contribution in [0.1, 0.15) is 49.6 Å². The predicted octanol–water partition coefficient (Wildman–Crippen LogP) is 3.32. The van der Waals surface area contributed by atoms with Gasteiger partial charge in [-0.3, -0.25) is 14.6 Å². The van der Waals surface area contributed by atoms with Crippen LogP contribution in [0.4, 0.5) is 11.4 Å². The van der Waals surface area contributed by atoms with E-state index in [9.17, 15) is 9.59 Å². The lowest BCUT2D eigenvalue weighted by atomic mass is 10.0. The van der Waals surface area contributed by atoms with Gasteiger partial charge >= 0.3 is 0 Å². The number of anilines is 2. The molecule has 41 heavy (non-hydrogen) atoms. The maximum Gasteiger partial charge on any atom is 0.291 e. The minimum absolute atomic E-state index is 0.286. The number of carbonyl (C=O) groups excluding carboxylic acids is 2. The average Bonchev–Trinajstić information content (AvgIpc) is 3.47. The molecule has 6 rings (SSSR count). The molecule has 5 heterocycles. The van der Waals surface area contributed by atoms with E-state index in [0.29, 0.717) is 46.8 Å². The van der Waals surface area contributed by atoms with Gasteiger partial charge in [-0.05, 0) is 31.7 Å². The van der Waals surface area contributed by atoms with Crippen LogP contribution >= 0.6 is 11.6 Å². The fraction of sp³-hybridized carbons (Fsp3) is 0.345. The zero-order chi connectivity index (χ0) is 28.8. The number of carbonyl (C=O) groups is 2. The number of halogens is 1. The molecule has 2 amide bonds. The number of hydrogen-bond acceptors (Lipinski definition) is 7. The molecule has 0 aliphatic carbocycles. The van der Waals surface area contributed by atoms with Crippen LogP contribution in [0.25, 0.3) is 11.3 Å². The van der Waals surface area contributed by atoms with Crippen molar-refractivity contribution in [3.05, 3.63) is 75.5 Å². The van der Waals surface area contributed by atoms with Gasteiger partial charge < -0.3 is 30.0 Å². The summed E-state index contributed by atoms with van der Waals surface area (Å²) < 4.78 is 3.73. The molecule has 0 radical (unpaired) electrons. The van der Waals surface area contributed by atoms with Gasteiger partial charge in [0.25, 0.3) is 11.8 Å². The zero-order valence-corrected chi connectivity index (χ0v) is 24.3. The Morgan fingerprint density at radius 2 is 1.61 bits per heavy atom. The molecule has 11 nitrogen and oxygen atoms in total. The summed E-state index contributed by atoms with van der Waals surface area (Å²) in [5.41, 5.74) is 7.06. The monoisotopic (exact) mass is 573 g/mol. The van der Waals surface area contributed by atoms with E-state index < -0.39 is 0 Å². The lowest BCUT2D eigenvalue weighted by Crippen LogP contribution is -2.27. The molecule has 2 aliphatic rings. The van der Waals surface area contributed by atoms with Crippen molar-refractivity contribution in [3.8, 4) is 11.3 Å². The van der Waals surface area contributed by atoms with E-state index >= 15 is 0 Å². The summed E-state index contributed by atoms with van der Waals surface area (Å²) in [7, 11) is 5.78. The highest BCUT2D eigenvalue weighted by atomic mass is 35.5. The lowest BCUT2D eigenvalue weighted by molar-refractivity contribution is 0.100. The van der Waals surface area contributed by atoms with Crippen molar-refractivity contribution in [1.82, 2.24) is 34.3 Å². The first kappa shape index (κ1) is 27.1. The summed E-state index contributed by atoms with van der Waals surface area (Å²) in [6, 6.07) is 7.23. The van der Waals surface area contributed by atoms with Gasteiger partial charge in [0, 0.05) is 82.0 Å². The molecule has 0 unspecified atom stereocenters. The third-order valence-corrected chi connectivity index (χ3v) is 8.34. The minimum Gasteiger partial charge on any atom is -0.327 e. The Kier molecular flexibility index (Phi) is 7.10. The van der Waals surface area contributed by atoms with Crippen LogP contribution in [0, 0.1) is 6.92 Å². The Balaban J connectivity index is 1.25. The standard InChI is InChI=1S/C29H32ClN9O2/c1-16-17(6-5-7-18(16)35-28(40)26-33-20-14-31-11-9-22(20)38(26)3)25-24(30)19(8-12-32-25)36-29(41)27-34-21-15-37(2)13-10-23(21)39(27)4/h5-8,12,31H,9-11,13-15H2,1-4H3,(H,35,40)(H,32,36,41). The van der Waals surface area contributed by atoms with Crippen LogP contribution in [0.15, 0.2) is 30.5 Å². The van der Waals surface area contributed by atoms with E-state index in [1.54, 1.807) is 12.3 Å². The number of fused-ring (bicyclic) bond motifs is 2. The van der Waals surface area contributed by atoms with Gasteiger partial charge in [-0.1, -0.05) is 23.7 Å². The van der Waals surface area contributed by atoms with Gasteiger partial charge in [0.05, 0.1) is 27.8 Å². The van der Waals surface area contributed by atoms with Crippen molar-refractivity contribution in [1.29, 1.82) is 0 Å². The third-order valence-electron chi connectivity index (χ3n) is 7.95. The summed E-state index contributed by atoms with van der Waals surface area (Å²) in [5.74, 6) is 0.0832. The maximum atomic E-state index is 13.3. The molecule has 2 aliphatic heterocycles. The summed E-state index contributed by atoms with van der Waals surface area (Å²) >= 11 is 6.82. The number of aromatic nitrogens is 5. The SMILES string of the molecule is Cc1c(NC(=O)c2nc3c(n2C)CCNC3)cccc1-c1nccc(NC(=O)c2nc3c(n2C)CCN(C)C3)c1Cl. The number of nitrogens with one attached hydrogen (secondary N) is 3. The van der Waals surface area contributed by atoms with Crippen LogP contribution in [0.5, 0.6) is 0 Å². The fourth-order valence-corrected chi connectivity index (χ4v) is 5.89. The second kappa shape index (κ2) is 10.7. The molecular weight excluding hydrogens is 542 g/mol. The second-order valence-corrected chi connectivity index (χ2v) is 11.0. The smallest absolute Gasteiger partial charge is 0.291 e. The van der Waals surface area contributed by atoms with Crippen LogP contribution in [-0.2, 0) is 40.0 Å². The van der Waals surface area contributed by atoms with Crippen molar-refractivity contribution < 1.29 is 9.59 Å². The first-order valence-electron chi connectivity index (χ1n) is 13.6. The van der Waals surface area contributed by atoms with Crippen molar-refractivity contribution in [2.24, 2.45) is 14.1 Å². The van der Waals surface area contributed by atoms with Crippen molar-refractivity contribution >= 4 is 34.8 Å². The molecule has 212 valence electrons. The van der Waals surface area contributed by atoms with E-state index in [2.05, 4.69) is 35.8 Å². The van der Waals surface area contributed by atoms with Gasteiger partial charge in [0.1, 0.15) is 0 Å². The Hall–Kier alpha value is -4.06. The summed E-state index contributed by atoms with van der Waals surface area (Å²) in [5, 5.41) is 9.52. The molecule has 3 N–H and O–H groups in total. The Labute approximate surface area is 243 Å². The van der Waals surface area contributed by atoms with Gasteiger partial charge in [0.15, 0.2) is 11.6 Å². The molecule has 12 heteroatoms. The number of benzene rings is 1. The molecule has 3 aromatic heterocycles. The Morgan fingerprint density at radius 1 is 0.927 bits per heavy atom. The molecule has 4 aromatic rings. The number of likely N-dealkylation sites (N-methyl/N-ethyl adjacent to an activating group) is 1. The average molecular weight is 574 g/mol. The van der Waals surface area contributed by atoms with Gasteiger partial charge in [0.2, 0.25) is 0 Å². The van der Waals surface area contributed by atoms with E-state index in [1.165, 1.54) is 0 Å². The zero-order valence-electron chi connectivity index (χ0n) is 23.5. The normalized spacial score (nSPS) is 14.9. The highest BCUT2D eigenvalue weighted by Crippen LogP contribution is 2.36. The Bertz CT molecular complexity index is 1690. The lowest BCUT2D eigenvalue weighted by Gasteiger charge is -2.21. The number of pyridine rings is 1. The van der Waals surface area contributed by atoms with Crippen LogP contribution in [0.2, 0.25) is 5.02 Å². The van der Waals surface area contributed by atoms with Gasteiger partial charge in [-0.2, -0.15) is 0 Å². The maximum absolute atomic E-state index is 13.3. The number of nitrogens with zero attached hydrogens (tertiary/aromatic N) is 6. The predicted molar refractivity (Wildman–Crippen MR) is 157 cm³/mol. The van der Waals surface area contributed by atoms with E-state index in [4.69, 9.17) is 11.6 Å². The molecule has 0 bridgehead atoms. The highest BCUT2D eigenvalue weighted by Gasteiger charge is 2.26. The molecule has 1 aromatic carbocycles. The summed E-state index contributed by atoms with van der Waals surface area (Å²) in [4.78, 5) is 42.4. The molecule has 0 fully saturated rings. The molecule has 0 spiro atoms. The summed E-state index contributed by atoms with van der Waals surface area (Å²) in [6.07, 6.45) is 3.28. The fourth-order valence-electron chi connectivity index (χ4n) is 5.63. The number of amides is 2. The third kappa shape index (κ3) is 4.90. The highest BCUT2D eigenvalue weighted by molar-refractivity contribution is 6.36. The first-order chi connectivity index (χ1) is 19.7. The number of imidazole rings is 2. The summed E-state index contributed by atoms with van der Waals surface area (Å²) in [6.45, 7) is 5.05. The van der Waals surface area contributed by atoms with Crippen LogP contribution in [-0.4, -0.2) is 60.9 Å². The van der Waals surface area contributed by atoms with E-state index in [0.717, 1.165) is 59.8 Å². The van der Waals surface area contributed by atoms with Crippen molar-refractivity contribution in [2.45, 2.75) is 32.9 Å². The largest absolute Gasteiger partial charge is 0.327 e. The molecular formula is C29H32ClN9O2. The minimum atomic E-state index is -0.339. The van der Waals surface area contributed by atoms with E-state index in [1.807, 2.05) is 55.4 Å². The van der Waals surface area contributed by atoms with Gasteiger partial charge in [-0.15, -0.1) is 0 Å². The van der Waals surface area contributed by atoms with Gasteiger partial charge in [-0.25, -0.2) is 9.97 Å². The van der Waals surface area contributed by atoms with Crippen LogP contribution < -0.4 is 16.0 Å².